The lowest BCUT2D eigenvalue weighted by Gasteiger charge is -2.24. The molecule has 2 unspecified atom stereocenters. The first-order chi connectivity index (χ1) is 33.4. The van der Waals surface area contributed by atoms with Crippen molar-refractivity contribution in [1.82, 2.24) is 49.4 Å². The van der Waals surface area contributed by atoms with Crippen molar-refractivity contribution in [3.05, 3.63) is 120 Å². The van der Waals surface area contributed by atoms with Crippen molar-refractivity contribution in [2.45, 2.75) is 65.3 Å². The summed E-state index contributed by atoms with van der Waals surface area (Å²) in [6, 6.07) is 22.1. The topological polar surface area (TPSA) is 199 Å². The van der Waals surface area contributed by atoms with Crippen LogP contribution in [0.15, 0.2) is 97.6 Å². The molecule has 10 rings (SSSR count). The van der Waals surface area contributed by atoms with Crippen LogP contribution in [0.1, 0.15) is 78.8 Å². The molecule has 1 N–H and O–H groups in total. The smallest absolute Gasteiger partial charge is 0.410 e. The fourth-order valence-electron chi connectivity index (χ4n) is 8.54. The van der Waals surface area contributed by atoms with Crippen LogP contribution in [-0.2, 0) is 18.0 Å². The van der Waals surface area contributed by atoms with E-state index in [0.717, 1.165) is 59.2 Å². The highest BCUT2D eigenvalue weighted by Crippen LogP contribution is 2.30. The molecule has 0 spiro atoms. The number of aromatic nitrogens is 8. The molecule has 0 radical (unpaired) electrons. The first-order valence-corrected chi connectivity index (χ1v) is 22.9. The zero-order valence-corrected chi connectivity index (χ0v) is 39.3. The molecule has 1 amide bonds. The van der Waals surface area contributed by atoms with Gasteiger partial charge in [0.25, 0.3) is 0 Å². The molecule has 0 bridgehead atoms. The Balaban J connectivity index is 0.000000175. The molecule has 356 valence electrons. The van der Waals surface area contributed by atoms with Crippen LogP contribution in [0.4, 0.5) is 4.79 Å². The molecule has 2 aliphatic heterocycles. The summed E-state index contributed by atoms with van der Waals surface area (Å²) in [5.41, 5.74) is 3.55. The summed E-state index contributed by atoms with van der Waals surface area (Å²) in [4.78, 5) is 48.7. The summed E-state index contributed by atoms with van der Waals surface area (Å²) in [6.45, 7) is 8.92. The standard InChI is InChI=1S/C28H31N5O5.C23H23N5O3/c1-28(2,3)38-27(35)32-12-10-18(15-32)13-23(34)19-5-8-25-30-31-26(33(25)16-19)17-37-24-9-11-29-22-14-20(36-4)6-7-21(22)24;1-30-17-3-4-18-19(11-17)25-9-7-21(18)31-14-23-27-26-22-5-2-16(13-28(22)23)20(29)10-15-6-8-24-12-15/h5-9,11,14,16,18H,10,12-13,15,17H2,1-4H3;2-5,7,9,11,13,15,24H,6,8,10,12,14H2,1H3. The summed E-state index contributed by atoms with van der Waals surface area (Å²) in [5.74, 6) is 4.68. The van der Waals surface area contributed by atoms with Crippen molar-refractivity contribution >= 4 is 50.8 Å². The normalized spacial score (nSPS) is 15.9. The Morgan fingerprint density at radius 2 is 1.20 bits per heavy atom. The van der Waals surface area contributed by atoms with E-state index in [2.05, 4.69) is 35.7 Å². The maximum absolute atomic E-state index is 13.1. The van der Waals surface area contributed by atoms with E-state index in [1.807, 2.05) is 86.0 Å². The molecule has 8 aromatic rings. The molecule has 0 saturated carbocycles. The average molecular weight is 935 g/mol. The zero-order chi connectivity index (χ0) is 48.1. The number of carbonyl (C=O) groups excluding carboxylic acids is 3. The lowest BCUT2D eigenvalue weighted by atomic mass is 9.98. The number of fused-ring (bicyclic) bond motifs is 4. The number of hydrogen-bond acceptors (Lipinski definition) is 15. The minimum Gasteiger partial charge on any atom is -0.497 e. The summed E-state index contributed by atoms with van der Waals surface area (Å²) < 4.78 is 31.8. The third kappa shape index (κ3) is 10.9. The van der Waals surface area contributed by atoms with Gasteiger partial charge in [-0.25, -0.2) is 4.79 Å². The van der Waals surface area contributed by atoms with Crippen molar-refractivity contribution in [3.8, 4) is 23.0 Å². The molecule has 0 aliphatic carbocycles. The SMILES string of the molecule is COc1ccc2c(OCc3nnc4ccc(C(=O)CC5CCN(C(=O)OC(C)(C)C)C5)cn34)ccnc2c1.COc1ccc2c(OCc3nnc4ccc(C(=O)CC5CCNC5)cn34)ccnc2c1. The molecule has 2 aromatic carbocycles. The number of Topliss-reactive ketones (excluding diaryl/α,β-unsaturated/α-hetero) is 2. The Hall–Kier alpha value is -7.73. The second kappa shape index (κ2) is 20.2. The third-order valence-electron chi connectivity index (χ3n) is 12.2. The van der Waals surface area contributed by atoms with Crippen LogP contribution in [0.2, 0.25) is 0 Å². The molecule has 2 atom stereocenters. The van der Waals surface area contributed by atoms with E-state index in [-0.39, 0.29) is 36.8 Å². The Labute approximate surface area is 397 Å². The predicted molar refractivity (Wildman–Crippen MR) is 256 cm³/mol. The zero-order valence-electron chi connectivity index (χ0n) is 39.3. The third-order valence-corrected chi connectivity index (χ3v) is 12.2. The van der Waals surface area contributed by atoms with Gasteiger partial charge in [0.05, 0.1) is 25.3 Å². The van der Waals surface area contributed by atoms with Crippen molar-refractivity contribution in [1.29, 1.82) is 0 Å². The summed E-state index contributed by atoms with van der Waals surface area (Å²) in [5, 5.41) is 22.0. The van der Waals surface area contributed by atoms with Gasteiger partial charge in [-0.1, -0.05) is 0 Å². The molecular formula is C51H54N10O8. The van der Waals surface area contributed by atoms with E-state index >= 15 is 0 Å². The van der Waals surface area contributed by atoms with E-state index in [1.165, 1.54) is 0 Å². The maximum atomic E-state index is 13.1. The van der Waals surface area contributed by atoms with Crippen molar-refractivity contribution in [2.24, 2.45) is 11.8 Å². The quantitative estimate of drug-likeness (QED) is 0.104. The van der Waals surface area contributed by atoms with Crippen LogP contribution in [0, 0.1) is 11.8 Å². The van der Waals surface area contributed by atoms with Gasteiger partial charge in [-0.15, -0.1) is 20.4 Å². The molecule has 6 aromatic heterocycles. The number of hydrogen-bond donors (Lipinski definition) is 1. The Kier molecular flexibility index (Phi) is 13.6. The molecule has 69 heavy (non-hydrogen) atoms. The van der Waals surface area contributed by atoms with Crippen LogP contribution in [0.5, 0.6) is 23.0 Å². The van der Waals surface area contributed by atoms with E-state index in [1.54, 1.807) is 60.3 Å². The first-order valence-electron chi connectivity index (χ1n) is 22.9. The monoisotopic (exact) mass is 934 g/mol. The van der Waals surface area contributed by atoms with E-state index in [4.69, 9.17) is 23.7 Å². The van der Waals surface area contributed by atoms with Gasteiger partial charge in [0.2, 0.25) is 0 Å². The first kappa shape index (κ1) is 46.4. The van der Waals surface area contributed by atoms with Gasteiger partial charge in [-0.2, -0.15) is 0 Å². The van der Waals surface area contributed by atoms with Crippen LogP contribution in [-0.4, -0.2) is 108 Å². The number of nitrogens with zero attached hydrogens (tertiary/aromatic N) is 9. The molecule has 2 aliphatic rings. The number of rotatable bonds is 14. The van der Waals surface area contributed by atoms with Gasteiger partial charge < -0.3 is 33.9 Å². The number of benzene rings is 2. The van der Waals surface area contributed by atoms with Crippen LogP contribution < -0.4 is 24.3 Å². The van der Waals surface area contributed by atoms with Crippen LogP contribution >= 0.6 is 0 Å². The largest absolute Gasteiger partial charge is 0.497 e. The number of methoxy groups -OCH3 is 2. The van der Waals surface area contributed by atoms with Gasteiger partial charge >= 0.3 is 6.09 Å². The highest BCUT2D eigenvalue weighted by Gasteiger charge is 2.31. The fraction of sp³-hybridized carbons (Fsp3) is 0.353. The van der Waals surface area contributed by atoms with Gasteiger partial charge in [0.1, 0.15) is 41.8 Å². The number of ketones is 2. The molecule has 8 heterocycles. The average Bonchev–Trinajstić information content (AvgIpc) is 4.20. The maximum Gasteiger partial charge on any atom is 0.410 e. The highest BCUT2D eigenvalue weighted by atomic mass is 16.6. The van der Waals surface area contributed by atoms with E-state index in [9.17, 15) is 14.4 Å². The van der Waals surface area contributed by atoms with Gasteiger partial charge in [-0.05, 0) is 119 Å². The summed E-state index contributed by atoms with van der Waals surface area (Å²) in [6.07, 6.45) is 9.35. The molecule has 2 fully saturated rings. The number of pyridine rings is 4. The Morgan fingerprint density at radius 3 is 1.70 bits per heavy atom. The minimum absolute atomic E-state index is 0.0117. The fourth-order valence-corrected chi connectivity index (χ4v) is 8.54. The van der Waals surface area contributed by atoms with Gasteiger partial charge in [-0.3, -0.25) is 28.4 Å². The van der Waals surface area contributed by atoms with Crippen LogP contribution in [0.25, 0.3) is 33.1 Å². The minimum atomic E-state index is -0.543. The highest BCUT2D eigenvalue weighted by molar-refractivity contribution is 5.97. The molecule has 2 saturated heterocycles. The Bertz CT molecular complexity index is 3160. The number of likely N-dealkylation sites (tertiary alicyclic amines) is 1. The second-order valence-electron chi connectivity index (χ2n) is 18.2. The number of carbonyl (C=O) groups is 3. The van der Waals surface area contributed by atoms with E-state index < -0.39 is 5.60 Å². The predicted octanol–water partition coefficient (Wildman–Crippen LogP) is 7.74. The van der Waals surface area contributed by atoms with Crippen LogP contribution in [0.3, 0.4) is 0 Å². The van der Waals surface area contributed by atoms with Gasteiger partial charge in [0.15, 0.2) is 34.5 Å². The number of nitrogens with one attached hydrogen (secondary N) is 1. The van der Waals surface area contributed by atoms with Crippen molar-refractivity contribution in [3.63, 3.8) is 0 Å². The molecule has 18 heteroatoms. The molecular weight excluding hydrogens is 881 g/mol. The van der Waals surface area contributed by atoms with Crippen molar-refractivity contribution in [2.75, 3.05) is 40.4 Å². The lowest BCUT2D eigenvalue weighted by Crippen LogP contribution is -2.35. The Morgan fingerprint density at radius 1 is 0.667 bits per heavy atom. The number of ether oxygens (including phenoxy) is 5. The lowest BCUT2D eigenvalue weighted by molar-refractivity contribution is 0.0286. The van der Waals surface area contributed by atoms with E-state index in [0.29, 0.717) is 77.4 Å². The summed E-state index contributed by atoms with van der Waals surface area (Å²) >= 11 is 0. The second-order valence-corrected chi connectivity index (χ2v) is 18.2. The molecule has 18 nitrogen and oxygen atoms in total. The van der Waals surface area contributed by atoms with Crippen molar-refractivity contribution < 1.29 is 38.1 Å². The van der Waals surface area contributed by atoms with Gasteiger partial charge in [0, 0.05) is 84.8 Å². The summed E-state index contributed by atoms with van der Waals surface area (Å²) in [7, 11) is 3.24. The number of amides is 1.